The number of aromatic nitrogens is 3. The highest BCUT2D eigenvalue weighted by atomic mass is 19.1. The number of carbonyl (C=O) groups excluding carboxylic acids is 1. The first kappa shape index (κ1) is 16.6. The average molecular weight is 332 g/mol. The number of amides is 1. The number of hydrogen-bond acceptors (Lipinski definition) is 4. The van der Waals surface area contributed by atoms with Gasteiger partial charge in [-0.3, -0.25) is 4.79 Å². The van der Waals surface area contributed by atoms with Gasteiger partial charge in [-0.2, -0.15) is 0 Å². The van der Waals surface area contributed by atoms with E-state index in [4.69, 9.17) is 0 Å². The maximum absolute atomic E-state index is 13.1. The van der Waals surface area contributed by atoms with Crippen LogP contribution in [-0.2, 0) is 13.5 Å². The maximum atomic E-state index is 13.1. The van der Waals surface area contributed by atoms with Crippen LogP contribution >= 0.6 is 0 Å². The topological polar surface area (TPSA) is 80.0 Å². The standard InChI is InChI=1S/C17H21FN4O2/c1-22-14(10-20-21-22)16(24)19-11-17(8-2-3-15(17)23)9-12-4-6-13(18)7-5-12/h4-7,10,15,23H,2-3,8-9,11H2,1H3,(H,19,24). The van der Waals surface area contributed by atoms with Crippen molar-refractivity contribution in [3.8, 4) is 0 Å². The van der Waals surface area contributed by atoms with Gasteiger partial charge in [0.05, 0.1) is 12.3 Å². The van der Waals surface area contributed by atoms with Gasteiger partial charge in [0.2, 0.25) is 0 Å². The molecule has 6 nitrogen and oxygen atoms in total. The van der Waals surface area contributed by atoms with E-state index in [1.54, 1.807) is 19.2 Å². The van der Waals surface area contributed by atoms with Gasteiger partial charge in [-0.15, -0.1) is 5.10 Å². The van der Waals surface area contributed by atoms with Gasteiger partial charge in [-0.25, -0.2) is 9.07 Å². The third-order valence-electron chi connectivity index (χ3n) is 4.88. The largest absolute Gasteiger partial charge is 0.392 e. The number of aliphatic hydroxyl groups is 1. The van der Waals surface area contributed by atoms with Gasteiger partial charge >= 0.3 is 0 Å². The Balaban J connectivity index is 1.73. The van der Waals surface area contributed by atoms with E-state index in [9.17, 15) is 14.3 Å². The van der Waals surface area contributed by atoms with Crippen LogP contribution in [-0.4, -0.2) is 38.7 Å². The third-order valence-corrected chi connectivity index (χ3v) is 4.88. The molecule has 1 saturated carbocycles. The molecule has 1 aliphatic rings. The predicted molar refractivity (Wildman–Crippen MR) is 85.7 cm³/mol. The maximum Gasteiger partial charge on any atom is 0.271 e. The van der Waals surface area contributed by atoms with Crippen molar-refractivity contribution in [1.82, 2.24) is 20.3 Å². The van der Waals surface area contributed by atoms with Gasteiger partial charge in [-0.1, -0.05) is 23.8 Å². The summed E-state index contributed by atoms with van der Waals surface area (Å²) in [7, 11) is 1.65. The van der Waals surface area contributed by atoms with Gasteiger partial charge in [-0.05, 0) is 37.0 Å². The summed E-state index contributed by atoms with van der Waals surface area (Å²) in [4.78, 5) is 12.3. The van der Waals surface area contributed by atoms with Crippen molar-refractivity contribution in [1.29, 1.82) is 0 Å². The zero-order chi connectivity index (χ0) is 17.2. The molecule has 0 radical (unpaired) electrons. The van der Waals surface area contributed by atoms with E-state index in [2.05, 4.69) is 15.6 Å². The van der Waals surface area contributed by atoms with E-state index >= 15 is 0 Å². The number of nitrogens with one attached hydrogen (secondary N) is 1. The van der Waals surface area contributed by atoms with Crippen LogP contribution in [0.3, 0.4) is 0 Å². The summed E-state index contributed by atoms with van der Waals surface area (Å²) < 4.78 is 14.5. The summed E-state index contributed by atoms with van der Waals surface area (Å²) in [5, 5.41) is 20.8. The Morgan fingerprint density at radius 3 is 2.79 bits per heavy atom. The highest BCUT2D eigenvalue weighted by molar-refractivity contribution is 5.92. The summed E-state index contributed by atoms with van der Waals surface area (Å²) in [5.41, 5.74) is 0.896. The lowest BCUT2D eigenvalue weighted by Gasteiger charge is -2.33. The molecule has 1 amide bonds. The Hall–Kier alpha value is -2.28. The fraction of sp³-hybridized carbons (Fsp3) is 0.471. The molecule has 7 heteroatoms. The summed E-state index contributed by atoms with van der Waals surface area (Å²) in [6.45, 7) is 0.357. The molecule has 2 unspecified atom stereocenters. The van der Waals surface area contributed by atoms with Crippen LogP contribution in [0.4, 0.5) is 4.39 Å². The Morgan fingerprint density at radius 1 is 1.46 bits per heavy atom. The Morgan fingerprint density at radius 2 is 2.21 bits per heavy atom. The average Bonchev–Trinajstić information content (AvgIpc) is 3.14. The molecule has 0 saturated heterocycles. The van der Waals surface area contributed by atoms with Crippen molar-refractivity contribution >= 4 is 5.91 Å². The summed E-state index contributed by atoms with van der Waals surface area (Å²) in [6, 6.07) is 6.30. The van der Waals surface area contributed by atoms with Crippen LogP contribution in [0.5, 0.6) is 0 Å². The number of nitrogens with zero attached hydrogens (tertiary/aromatic N) is 3. The molecule has 0 spiro atoms. The van der Waals surface area contributed by atoms with Gasteiger partial charge in [0.1, 0.15) is 11.5 Å². The molecule has 2 atom stereocenters. The Kier molecular flexibility index (Phi) is 4.62. The second-order valence-electron chi connectivity index (χ2n) is 6.50. The van der Waals surface area contributed by atoms with Crippen molar-refractivity contribution in [2.75, 3.05) is 6.54 Å². The molecule has 1 fully saturated rings. The minimum Gasteiger partial charge on any atom is -0.392 e. The Labute approximate surface area is 139 Å². The van der Waals surface area contributed by atoms with E-state index in [0.717, 1.165) is 18.4 Å². The molecule has 24 heavy (non-hydrogen) atoms. The number of aryl methyl sites for hydroxylation is 1. The lowest BCUT2D eigenvalue weighted by molar-refractivity contribution is 0.0498. The van der Waals surface area contributed by atoms with Crippen molar-refractivity contribution in [2.24, 2.45) is 12.5 Å². The lowest BCUT2D eigenvalue weighted by atomic mass is 9.78. The third kappa shape index (κ3) is 3.31. The first-order chi connectivity index (χ1) is 11.5. The normalized spacial score (nSPS) is 23.4. The molecule has 3 rings (SSSR count). The van der Waals surface area contributed by atoms with Crippen LogP contribution in [0.1, 0.15) is 35.3 Å². The van der Waals surface area contributed by atoms with Crippen molar-refractivity contribution in [3.05, 3.63) is 47.5 Å². The van der Waals surface area contributed by atoms with E-state index in [0.29, 0.717) is 25.1 Å². The monoisotopic (exact) mass is 332 g/mol. The van der Waals surface area contributed by atoms with Crippen LogP contribution < -0.4 is 5.32 Å². The van der Waals surface area contributed by atoms with Gasteiger partial charge in [0, 0.05) is 19.0 Å². The first-order valence-electron chi connectivity index (χ1n) is 8.06. The summed E-state index contributed by atoms with van der Waals surface area (Å²) in [5.74, 6) is -0.545. The number of rotatable bonds is 5. The van der Waals surface area contributed by atoms with Gasteiger partial charge in [0.25, 0.3) is 5.91 Å². The number of hydrogen-bond donors (Lipinski definition) is 2. The molecule has 1 aromatic heterocycles. The van der Waals surface area contributed by atoms with Crippen LogP contribution in [0.25, 0.3) is 0 Å². The van der Waals surface area contributed by atoms with E-state index < -0.39 is 11.5 Å². The predicted octanol–water partition coefficient (Wildman–Crippen LogP) is 1.46. The van der Waals surface area contributed by atoms with Crippen molar-refractivity contribution in [2.45, 2.75) is 31.8 Å². The first-order valence-corrected chi connectivity index (χ1v) is 8.06. The van der Waals surface area contributed by atoms with Crippen LogP contribution in [0.15, 0.2) is 30.5 Å². The smallest absolute Gasteiger partial charge is 0.271 e. The van der Waals surface area contributed by atoms with E-state index in [1.165, 1.54) is 23.0 Å². The highest BCUT2D eigenvalue weighted by Gasteiger charge is 2.42. The number of carbonyl (C=O) groups is 1. The molecule has 2 N–H and O–H groups in total. The van der Waals surface area contributed by atoms with Crippen molar-refractivity contribution in [3.63, 3.8) is 0 Å². The molecule has 1 aromatic carbocycles. The quantitative estimate of drug-likeness (QED) is 0.869. The zero-order valence-electron chi connectivity index (χ0n) is 13.6. The second-order valence-corrected chi connectivity index (χ2v) is 6.50. The van der Waals surface area contributed by atoms with E-state index in [-0.39, 0.29) is 11.7 Å². The zero-order valence-corrected chi connectivity index (χ0v) is 13.6. The second kappa shape index (κ2) is 6.68. The SMILES string of the molecule is Cn1nncc1C(=O)NCC1(Cc2ccc(F)cc2)CCCC1O. The lowest BCUT2D eigenvalue weighted by Crippen LogP contribution is -2.44. The number of aliphatic hydroxyl groups excluding tert-OH is 1. The van der Waals surface area contributed by atoms with Gasteiger partial charge in [0.15, 0.2) is 0 Å². The molecular weight excluding hydrogens is 311 g/mol. The van der Waals surface area contributed by atoms with E-state index in [1.807, 2.05) is 0 Å². The van der Waals surface area contributed by atoms with Gasteiger partial charge < -0.3 is 10.4 Å². The fourth-order valence-electron chi connectivity index (χ4n) is 3.45. The summed E-state index contributed by atoms with van der Waals surface area (Å²) >= 11 is 0. The molecule has 2 aromatic rings. The van der Waals surface area contributed by atoms with Crippen LogP contribution in [0, 0.1) is 11.2 Å². The molecule has 0 bridgehead atoms. The van der Waals surface area contributed by atoms with Crippen LogP contribution in [0.2, 0.25) is 0 Å². The number of benzene rings is 1. The number of halogens is 1. The molecule has 128 valence electrons. The molecule has 0 aliphatic heterocycles. The minimum atomic E-state index is -0.493. The highest BCUT2D eigenvalue weighted by Crippen LogP contribution is 2.40. The Bertz CT molecular complexity index is 716. The fourth-order valence-corrected chi connectivity index (χ4v) is 3.45. The molecular formula is C17H21FN4O2. The minimum absolute atomic E-state index is 0.264. The summed E-state index contributed by atoms with van der Waals surface area (Å²) in [6.07, 6.45) is 3.95. The molecule has 1 aliphatic carbocycles. The van der Waals surface area contributed by atoms with Crippen molar-refractivity contribution < 1.29 is 14.3 Å². The molecule has 1 heterocycles.